The maximum Gasteiger partial charge on any atom is 0.150 e. The van der Waals surface area contributed by atoms with E-state index >= 15 is 0 Å². The Hall–Kier alpha value is -2.29. The van der Waals surface area contributed by atoms with Crippen LogP contribution in [0.25, 0.3) is 22.2 Å². The van der Waals surface area contributed by atoms with Gasteiger partial charge in [0, 0.05) is 10.9 Å². The fourth-order valence-corrected chi connectivity index (χ4v) is 1.93. The van der Waals surface area contributed by atoms with E-state index in [-0.39, 0.29) is 5.69 Å². The summed E-state index contributed by atoms with van der Waals surface area (Å²) >= 11 is 0. The highest BCUT2D eigenvalue weighted by Gasteiger charge is 2.09. The summed E-state index contributed by atoms with van der Waals surface area (Å²) in [4.78, 5) is 4.24. The summed E-state index contributed by atoms with van der Waals surface area (Å²) in [6.45, 7) is 0. The standard InChI is InChI=1S/C15H9F2N/c16-12-6-3-5-11(8-12)15-13(17)9-10-4-1-2-7-14(10)18-15/h1-9H. The number of hydrogen-bond acceptors (Lipinski definition) is 1. The Labute approximate surface area is 103 Å². The minimum atomic E-state index is -0.445. The van der Waals surface area contributed by atoms with Gasteiger partial charge in [-0.25, -0.2) is 13.8 Å². The van der Waals surface area contributed by atoms with E-state index in [1.807, 2.05) is 12.1 Å². The van der Waals surface area contributed by atoms with Crippen LogP contribution in [0.4, 0.5) is 8.78 Å². The van der Waals surface area contributed by atoms with Crippen molar-refractivity contribution in [1.29, 1.82) is 0 Å². The van der Waals surface area contributed by atoms with E-state index in [0.717, 1.165) is 5.39 Å². The van der Waals surface area contributed by atoms with E-state index in [1.54, 1.807) is 24.3 Å². The molecule has 0 amide bonds. The number of fused-ring (bicyclic) bond motifs is 1. The number of aromatic nitrogens is 1. The molecular formula is C15H9F2N. The Bertz CT molecular complexity index is 723. The van der Waals surface area contributed by atoms with Crippen molar-refractivity contribution in [1.82, 2.24) is 4.98 Å². The Morgan fingerprint density at radius 2 is 1.67 bits per heavy atom. The van der Waals surface area contributed by atoms with Crippen LogP contribution in [-0.4, -0.2) is 4.98 Å². The summed E-state index contributed by atoms with van der Waals surface area (Å²) in [7, 11) is 0. The molecule has 0 atom stereocenters. The van der Waals surface area contributed by atoms with E-state index in [1.165, 1.54) is 18.2 Å². The molecule has 0 N–H and O–H groups in total. The highest BCUT2D eigenvalue weighted by molar-refractivity contribution is 5.81. The van der Waals surface area contributed by atoms with Crippen LogP contribution in [0, 0.1) is 11.6 Å². The summed E-state index contributed by atoms with van der Waals surface area (Å²) in [6, 6.07) is 14.5. The molecule has 18 heavy (non-hydrogen) atoms. The molecule has 0 radical (unpaired) electrons. The maximum atomic E-state index is 14.0. The normalized spacial score (nSPS) is 10.8. The van der Waals surface area contributed by atoms with Crippen molar-refractivity contribution in [3.8, 4) is 11.3 Å². The minimum Gasteiger partial charge on any atom is -0.245 e. The molecule has 3 rings (SSSR count). The summed E-state index contributed by atoms with van der Waals surface area (Å²) in [5.74, 6) is -0.846. The molecule has 1 nitrogen and oxygen atoms in total. The summed E-state index contributed by atoms with van der Waals surface area (Å²) in [6.07, 6.45) is 0. The third kappa shape index (κ3) is 1.84. The Morgan fingerprint density at radius 1 is 0.833 bits per heavy atom. The molecule has 0 bridgehead atoms. The van der Waals surface area contributed by atoms with Gasteiger partial charge in [-0.15, -0.1) is 0 Å². The lowest BCUT2D eigenvalue weighted by Crippen LogP contribution is -1.91. The smallest absolute Gasteiger partial charge is 0.150 e. The zero-order valence-corrected chi connectivity index (χ0v) is 9.40. The number of benzene rings is 2. The number of para-hydroxylation sites is 1. The first kappa shape index (κ1) is 10.8. The van der Waals surface area contributed by atoms with Crippen LogP contribution in [0.5, 0.6) is 0 Å². The Kier molecular flexibility index (Phi) is 2.52. The molecule has 3 heteroatoms. The van der Waals surface area contributed by atoms with Gasteiger partial charge in [-0.1, -0.05) is 30.3 Å². The van der Waals surface area contributed by atoms with Crippen LogP contribution in [0.3, 0.4) is 0 Å². The molecule has 0 spiro atoms. The van der Waals surface area contributed by atoms with E-state index in [2.05, 4.69) is 4.98 Å². The topological polar surface area (TPSA) is 12.9 Å². The van der Waals surface area contributed by atoms with Crippen LogP contribution in [0.2, 0.25) is 0 Å². The van der Waals surface area contributed by atoms with Gasteiger partial charge in [-0.3, -0.25) is 0 Å². The van der Waals surface area contributed by atoms with Crippen molar-refractivity contribution in [2.24, 2.45) is 0 Å². The van der Waals surface area contributed by atoms with Crippen molar-refractivity contribution < 1.29 is 8.78 Å². The number of hydrogen-bond donors (Lipinski definition) is 0. The molecule has 0 saturated carbocycles. The van der Waals surface area contributed by atoms with E-state index < -0.39 is 11.6 Å². The van der Waals surface area contributed by atoms with Crippen molar-refractivity contribution in [2.45, 2.75) is 0 Å². The molecule has 0 saturated heterocycles. The minimum absolute atomic E-state index is 0.174. The van der Waals surface area contributed by atoms with E-state index in [9.17, 15) is 8.78 Å². The van der Waals surface area contributed by atoms with Gasteiger partial charge >= 0.3 is 0 Å². The molecule has 1 heterocycles. The molecule has 0 fully saturated rings. The second-order valence-corrected chi connectivity index (χ2v) is 4.02. The summed E-state index contributed by atoms with van der Waals surface area (Å²) in [5.41, 5.74) is 1.31. The first-order valence-corrected chi connectivity index (χ1v) is 5.55. The Balaban J connectivity index is 2.26. The largest absolute Gasteiger partial charge is 0.245 e. The zero-order valence-electron chi connectivity index (χ0n) is 9.40. The molecular weight excluding hydrogens is 232 g/mol. The van der Waals surface area contributed by atoms with Crippen molar-refractivity contribution in [3.05, 3.63) is 66.2 Å². The van der Waals surface area contributed by atoms with Gasteiger partial charge in [0.25, 0.3) is 0 Å². The third-order valence-corrected chi connectivity index (χ3v) is 2.78. The lowest BCUT2D eigenvalue weighted by atomic mass is 10.1. The van der Waals surface area contributed by atoms with Crippen LogP contribution in [-0.2, 0) is 0 Å². The van der Waals surface area contributed by atoms with Gasteiger partial charge in [0.1, 0.15) is 17.3 Å². The summed E-state index contributed by atoms with van der Waals surface area (Å²) < 4.78 is 27.1. The summed E-state index contributed by atoms with van der Waals surface area (Å²) in [5, 5.41) is 0.732. The van der Waals surface area contributed by atoms with Gasteiger partial charge < -0.3 is 0 Å². The molecule has 0 aliphatic carbocycles. The van der Waals surface area contributed by atoms with Crippen LogP contribution >= 0.6 is 0 Å². The quantitative estimate of drug-likeness (QED) is 0.622. The average molecular weight is 241 g/mol. The predicted molar refractivity (Wildman–Crippen MR) is 67.1 cm³/mol. The molecule has 0 aliphatic heterocycles. The van der Waals surface area contributed by atoms with Crippen molar-refractivity contribution in [3.63, 3.8) is 0 Å². The molecule has 88 valence electrons. The zero-order chi connectivity index (χ0) is 12.5. The second kappa shape index (κ2) is 4.18. The number of pyridine rings is 1. The van der Waals surface area contributed by atoms with Crippen LogP contribution in [0.1, 0.15) is 0 Å². The number of halogens is 2. The second-order valence-electron chi connectivity index (χ2n) is 4.02. The lowest BCUT2D eigenvalue weighted by molar-refractivity contribution is 0.623. The van der Waals surface area contributed by atoms with E-state index in [4.69, 9.17) is 0 Å². The number of nitrogens with zero attached hydrogens (tertiary/aromatic N) is 1. The SMILES string of the molecule is Fc1cccc(-c2nc3ccccc3cc2F)c1. The molecule has 2 aromatic carbocycles. The molecule has 1 aromatic heterocycles. The van der Waals surface area contributed by atoms with Crippen LogP contribution < -0.4 is 0 Å². The first-order valence-electron chi connectivity index (χ1n) is 5.55. The molecule has 0 aliphatic rings. The Morgan fingerprint density at radius 3 is 2.50 bits per heavy atom. The van der Waals surface area contributed by atoms with E-state index in [0.29, 0.717) is 11.1 Å². The van der Waals surface area contributed by atoms with Crippen LogP contribution in [0.15, 0.2) is 54.6 Å². The van der Waals surface area contributed by atoms with Crippen molar-refractivity contribution in [2.75, 3.05) is 0 Å². The lowest BCUT2D eigenvalue weighted by Gasteiger charge is -2.05. The fourth-order valence-electron chi connectivity index (χ4n) is 1.93. The van der Waals surface area contributed by atoms with Gasteiger partial charge in [-0.05, 0) is 24.3 Å². The molecule has 0 unspecified atom stereocenters. The average Bonchev–Trinajstić information content (AvgIpc) is 2.38. The highest BCUT2D eigenvalue weighted by Crippen LogP contribution is 2.24. The van der Waals surface area contributed by atoms with Gasteiger partial charge in [0.15, 0.2) is 0 Å². The monoisotopic (exact) mass is 241 g/mol. The van der Waals surface area contributed by atoms with Gasteiger partial charge in [0.05, 0.1) is 5.52 Å². The predicted octanol–water partition coefficient (Wildman–Crippen LogP) is 4.18. The third-order valence-electron chi connectivity index (χ3n) is 2.78. The van der Waals surface area contributed by atoms with Crippen molar-refractivity contribution >= 4 is 10.9 Å². The maximum absolute atomic E-state index is 14.0. The number of rotatable bonds is 1. The van der Waals surface area contributed by atoms with Gasteiger partial charge in [0.2, 0.25) is 0 Å². The fraction of sp³-hybridized carbons (Fsp3) is 0. The first-order chi connectivity index (χ1) is 8.74. The highest BCUT2D eigenvalue weighted by atomic mass is 19.1. The van der Waals surface area contributed by atoms with Gasteiger partial charge in [-0.2, -0.15) is 0 Å². The molecule has 3 aromatic rings.